The predicted octanol–water partition coefficient (Wildman–Crippen LogP) is -0.353. The number of anilines is 1. The molecule has 2 aromatic rings. The minimum absolute atomic E-state index is 0.0480. The Bertz CT molecular complexity index is 793. The van der Waals surface area contributed by atoms with E-state index in [1.54, 1.807) is 0 Å². The standard InChI is InChI=1S/C12H18N5O6P/c1-21-7-3-12(18,23-8(7)4-22-24(2,19)20)17-6-16-9-10(13)14-5-15-11(9)17/h5-8,18H,3-4H2,1-2H3,(H,19,20)(H2,13,14,15)/t7?,8-,12-/m1/s1. The maximum atomic E-state index is 11.3. The molecule has 0 aromatic carbocycles. The summed E-state index contributed by atoms with van der Waals surface area (Å²) in [6, 6.07) is 0. The molecule has 3 heterocycles. The van der Waals surface area contributed by atoms with Gasteiger partial charge >= 0.3 is 7.60 Å². The van der Waals surface area contributed by atoms with Crippen LogP contribution in [0.1, 0.15) is 6.42 Å². The number of hydrogen-bond donors (Lipinski definition) is 3. The molecule has 11 nitrogen and oxygen atoms in total. The van der Waals surface area contributed by atoms with E-state index in [1.807, 2.05) is 0 Å². The van der Waals surface area contributed by atoms with Crippen molar-refractivity contribution in [2.75, 3.05) is 26.1 Å². The molecule has 2 aromatic heterocycles. The molecule has 1 fully saturated rings. The second kappa shape index (κ2) is 6.03. The van der Waals surface area contributed by atoms with E-state index in [0.29, 0.717) is 11.2 Å². The van der Waals surface area contributed by atoms with Gasteiger partial charge in [-0.3, -0.25) is 9.13 Å². The molecule has 0 spiro atoms. The van der Waals surface area contributed by atoms with Crippen LogP contribution in [0.2, 0.25) is 0 Å². The summed E-state index contributed by atoms with van der Waals surface area (Å²) in [4.78, 5) is 21.2. The van der Waals surface area contributed by atoms with E-state index in [1.165, 1.54) is 24.3 Å². The summed E-state index contributed by atoms with van der Waals surface area (Å²) in [5.41, 5.74) is 6.36. The van der Waals surface area contributed by atoms with Crippen LogP contribution in [0.15, 0.2) is 12.7 Å². The van der Waals surface area contributed by atoms with Gasteiger partial charge in [-0.1, -0.05) is 0 Å². The number of imidazole rings is 1. The average molecular weight is 359 g/mol. The molecule has 12 heteroatoms. The normalized spacial score (nSPS) is 29.8. The van der Waals surface area contributed by atoms with Crippen LogP contribution in [-0.2, 0) is 24.5 Å². The van der Waals surface area contributed by atoms with Crippen molar-refractivity contribution >= 4 is 24.6 Å². The zero-order valence-electron chi connectivity index (χ0n) is 13.1. The van der Waals surface area contributed by atoms with Gasteiger partial charge in [0.25, 0.3) is 5.91 Å². The highest BCUT2D eigenvalue weighted by Gasteiger charge is 2.48. The lowest BCUT2D eigenvalue weighted by molar-refractivity contribution is -0.253. The van der Waals surface area contributed by atoms with Crippen LogP contribution < -0.4 is 5.73 Å². The van der Waals surface area contributed by atoms with Gasteiger partial charge in [0, 0.05) is 13.8 Å². The molecule has 4 N–H and O–H groups in total. The Morgan fingerprint density at radius 1 is 1.54 bits per heavy atom. The number of ether oxygens (including phenoxy) is 2. The third-order valence-corrected chi connectivity index (χ3v) is 4.37. The highest BCUT2D eigenvalue weighted by Crippen LogP contribution is 2.41. The van der Waals surface area contributed by atoms with E-state index in [2.05, 4.69) is 15.0 Å². The van der Waals surface area contributed by atoms with Gasteiger partial charge in [-0.2, -0.15) is 0 Å². The van der Waals surface area contributed by atoms with Gasteiger partial charge in [0.2, 0.25) is 0 Å². The van der Waals surface area contributed by atoms with Crippen molar-refractivity contribution in [2.24, 2.45) is 0 Å². The Morgan fingerprint density at radius 2 is 2.29 bits per heavy atom. The monoisotopic (exact) mass is 359 g/mol. The highest BCUT2D eigenvalue weighted by atomic mass is 31.2. The summed E-state index contributed by atoms with van der Waals surface area (Å²) in [7, 11) is -2.23. The Balaban J connectivity index is 1.89. The van der Waals surface area contributed by atoms with Crippen molar-refractivity contribution in [3.8, 4) is 0 Å². The topological polar surface area (TPSA) is 155 Å². The number of nitrogens with zero attached hydrogens (tertiary/aromatic N) is 4. The van der Waals surface area contributed by atoms with E-state index in [4.69, 9.17) is 19.7 Å². The smallest absolute Gasteiger partial charge is 0.325 e. The summed E-state index contributed by atoms with van der Waals surface area (Å²) >= 11 is 0. The quantitative estimate of drug-likeness (QED) is 0.603. The second-order valence-corrected chi connectivity index (χ2v) is 7.39. The first-order valence-corrected chi connectivity index (χ1v) is 9.08. The Labute approximate surface area is 136 Å². The van der Waals surface area contributed by atoms with E-state index in [9.17, 15) is 14.6 Å². The zero-order chi connectivity index (χ0) is 17.5. The Morgan fingerprint density at radius 3 is 2.96 bits per heavy atom. The first kappa shape index (κ1) is 17.2. The largest absolute Gasteiger partial charge is 0.382 e. The maximum absolute atomic E-state index is 11.3. The summed E-state index contributed by atoms with van der Waals surface area (Å²) in [6.07, 6.45) is 1.33. The number of hydrogen-bond acceptors (Lipinski definition) is 9. The van der Waals surface area contributed by atoms with Crippen LogP contribution in [0.25, 0.3) is 11.2 Å². The van der Waals surface area contributed by atoms with Gasteiger partial charge < -0.3 is 29.7 Å². The lowest BCUT2D eigenvalue weighted by Gasteiger charge is -2.24. The first-order chi connectivity index (χ1) is 11.2. The minimum Gasteiger partial charge on any atom is -0.382 e. The molecule has 132 valence electrons. The van der Waals surface area contributed by atoms with Crippen molar-refractivity contribution in [1.29, 1.82) is 0 Å². The molecule has 24 heavy (non-hydrogen) atoms. The molecule has 0 aliphatic carbocycles. The lowest BCUT2D eigenvalue weighted by Crippen LogP contribution is -2.34. The third kappa shape index (κ3) is 3.14. The number of fused-ring (bicyclic) bond motifs is 1. The van der Waals surface area contributed by atoms with Gasteiger partial charge in [0.15, 0.2) is 11.5 Å². The summed E-state index contributed by atoms with van der Waals surface area (Å²) < 4.78 is 28.4. The zero-order valence-corrected chi connectivity index (χ0v) is 14.0. The number of nitrogens with two attached hydrogens (primary N) is 1. The van der Waals surface area contributed by atoms with Crippen LogP contribution in [0.4, 0.5) is 5.82 Å². The Kier molecular flexibility index (Phi) is 4.32. The third-order valence-electron chi connectivity index (χ3n) is 3.74. The maximum Gasteiger partial charge on any atom is 0.325 e. The molecular formula is C12H18N5O6P. The van der Waals surface area contributed by atoms with Crippen molar-refractivity contribution < 1.29 is 28.6 Å². The fraction of sp³-hybridized carbons (Fsp3) is 0.583. The fourth-order valence-corrected chi connectivity index (χ4v) is 3.04. The van der Waals surface area contributed by atoms with Crippen LogP contribution in [0.5, 0.6) is 0 Å². The first-order valence-electron chi connectivity index (χ1n) is 7.05. The second-order valence-electron chi connectivity index (χ2n) is 5.52. The number of aromatic nitrogens is 4. The molecule has 1 saturated heterocycles. The average Bonchev–Trinajstić information content (AvgIpc) is 3.07. The summed E-state index contributed by atoms with van der Waals surface area (Å²) in [5.74, 6) is -1.63. The minimum atomic E-state index is -3.68. The SMILES string of the molecule is COC1C[C@](O)(n2cnc3c(N)ncnc32)O[C@@H]1COP(C)(=O)O. The number of methoxy groups -OCH3 is 1. The lowest BCUT2D eigenvalue weighted by atomic mass is 10.1. The fourth-order valence-electron chi connectivity index (χ4n) is 2.61. The van der Waals surface area contributed by atoms with E-state index >= 15 is 0 Å². The van der Waals surface area contributed by atoms with Crippen molar-refractivity contribution in [2.45, 2.75) is 24.5 Å². The molecule has 1 aliphatic rings. The molecule has 4 atom stereocenters. The van der Waals surface area contributed by atoms with Gasteiger partial charge in [0.05, 0.1) is 19.1 Å². The van der Waals surface area contributed by atoms with E-state index < -0.39 is 25.7 Å². The highest BCUT2D eigenvalue weighted by molar-refractivity contribution is 7.51. The molecule has 3 rings (SSSR count). The summed E-state index contributed by atoms with van der Waals surface area (Å²) in [6.45, 7) is 0.855. The van der Waals surface area contributed by atoms with Crippen LogP contribution in [0, 0.1) is 0 Å². The van der Waals surface area contributed by atoms with Gasteiger partial charge in [0.1, 0.15) is 24.3 Å². The molecule has 0 radical (unpaired) electrons. The molecular weight excluding hydrogens is 341 g/mol. The molecule has 1 aliphatic heterocycles. The molecule has 0 bridgehead atoms. The van der Waals surface area contributed by atoms with Crippen LogP contribution >= 0.6 is 7.60 Å². The molecule has 0 saturated carbocycles. The van der Waals surface area contributed by atoms with Gasteiger partial charge in [-0.05, 0) is 0 Å². The van der Waals surface area contributed by atoms with E-state index in [0.717, 1.165) is 6.66 Å². The predicted molar refractivity (Wildman–Crippen MR) is 81.9 cm³/mol. The van der Waals surface area contributed by atoms with E-state index in [-0.39, 0.29) is 18.8 Å². The van der Waals surface area contributed by atoms with Crippen molar-refractivity contribution in [1.82, 2.24) is 19.5 Å². The molecule has 2 unspecified atom stereocenters. The molecule has 0 amide bonds. The van der Waals surface area contributed by atoms with Crippen molar-refractivity contribution in [3.05, 3.63) is 12.7 Å². The van der Waals surface area contributed by atoms with Crippen molar-refractivity contribution in [3.63, 3.8) is 0 Å². The number of rotatable bonds is 5. The number of nitrogen functional groups attached to an aromatic ring is 1. The van der Waals surface area contributed by atoms with Gasteiger partial charge in [-0.25, -0.2) is 15.0 Å². The summed E-state index contributed by atoms with van der Waals surface area (Å²) in [5, 5.41) is 10.9. The van der Waals surface area contributed by atoms with Crippen LogP contribution in [0.3, 0.4) is 0 Å². The van der Waals surface area contributed by atoms with Crippen LogP contribution in [-0.4, -0.2) is 62.1 Å². The van der Waals surface area contributed by atoms with Gasteiger partial charge in [-0.15, -0.1) is 0 Å². The number of aliphatic hydroxyl groups is 1. The Hall–Kier alpha value is -1.62.